The first-order valence-corrected chi connectivity index (χ1v) is 46.8. The number of hydrogen-bond donors (Lipinski definition) is 5. The maximum atomic E-state index is 14.6. The molecular weight excluding hydrogens is 2960 g/mol. The molecule has 0 unspecified atom stereocenters. The molecule has 0 fully saturated rings. The SMILES string of the molecule is CC(=O)C1=C(O)CCCC1=O.CC(=O)C=C(C)O.CC(=O)C=C(C)O.CC(C)(C)c1cc(C=Nc2ccccc2N=Cc2cc(C(C)(C)C)cc(C(C)(C)C)c2O)c(O)c(C(C)(C)C)c1.FC1(F)c2ccc[c-]c2-c2nccc3cccc1c23.Fc1c[c-]c(-c2ccccn2)cc1.Fc1c[c-]c(-c2ccccn2)cc1.[Ir].[Ir].[Ir].[Ir].[Ir].[Pt].[c-]1ccc(-c2ccccc2)cc1-c1ccccn1.[c-]1ccccc1-c1nccc2ccccc12. The zero-order valence-electron chi connectivity index (χ0n) is 85.9. The van der Waals surface area contributed by atoms with E-state index in [1.807, 2.05) is 170 Å². The number of phenols is 2. The summed E-state index contributed by atoms with van der Waals surface area (Å²) in [5.41, 5.74) is 16.9. The molecule has 0 atom stereocenters. The number of phenolic OH excluding ortho intramolecular Hbond substituents is 2. The molecule has 16 nitrogen and oxygen atoms in total. The minimum atomic E-state index is -3.00. The van der Waals surface area contributed by atoms with E-state index >= 15 is 0 Å². The standard InChI is InChI=1S/C36H48N2O2.C17H12N.C16H8F2N.C15H10N.2C11H7FN.C8H10O3.2C5H8O2.5Ir.Pt/c1-33(2,3)25-17-23(31(39)27(19-25)35(7,8)9)21-37-29-15-13-14-16-30(29)38-22-24-18-26(34(4,5)6)20-28(32(24)40)36(10,11)12;1-2-7-14(8-3-1)15-9-6-10-16(13-15)17-11-4-5-12-18-17;17-16(18)12-6-2-1-5-11(12)15-14-10(8-9-19-15)4-3-7-13(14)16;1-2-7-13(8-3-1)15-14-9-5-4-6-12(14)10-11-16-15;2*12-10-6-4-9(5-7-10)11-3-1-2-8-13-11;1-5(9)8-6(10)3-2-4-7(8)11;2*1-4(6)3-5(2)7;;;;;;/h13-22,39-40H,1-12H3;1-9,11-13H;1-4,6-9H;1-7,9-11H;2*1-4,6-8H;10H,2-4H2,1H3;2*3,6H,1-2H3;;;;;;/q;5*-1;;;;;;;;;. The van der Waals surface area contributed by atoms with E-state index in [4.69, 9.17) is 25.3 Å². The fourth-order valence-electron chi connectivity index (χ4n) is 15.0. The molecule has 0 saturated heterocycles. The zero-order valence-corrected chi connectivity index (χ0v) is 100. The second-order valence-electron chi connectivity index (χ2n) is 38.0. The van der Waals surface area contributed by atoms with Crippen molar-refractivity contribution in [2.75, 3.05) is 0 Å². The third-order valence-electron chi connectivity index (χ3n) is 22.2. The number of aliphatic imine (C=N–C) groups is 2. The molecule has 0 bridgehead atoms. The second kappa shape index (κ2) is 61.2. The van der Waals surface area contributed by atoms with Crippen LogP contribution in [0.3, 0.4) is 0 Å². The molecule has 0 spiro atoms. The number of alkyl halides is 2. The maximum Gasteiger partial charge on any atom is 0.266 e. The molecule has 16 aromatic rings. The maximum absolute atomic E-state index is 14.6. The summed E-state index contributed by atoms with van der Waals surface area (Å²) in [6.45, 7) is 32.7. The molecule has 18 rings (SSSR count). The fraction of sp³-hybridized carbons (Fsp3) is 0.202. The number of rotatable bonds is 12. The Morgan fingerprint density at radius 3 is 1.27 bits per heavy atom. The van der Waals surface area contributed by atoms with Crippen LogP contribution in [0.25, 0.3) is 89.0 Å². The molecule has 0 amide bonds. The first-order valence-electron chi connectivity index (χ1n) is 46.8. The normalized spacial score (nSPS) is 12.0. The molecule has 5 aromatic heterocycles. The fourth-order valence-corrected chi connectivity index (χ4v) is 15.0. The van der Waals surface area contributed by atoms with E-state index in [1.165, 1.54) is 105 Å². The number of carbonyl (C=O) groups is 4. The molecule has 5 heterocycles. The molecule has 791 valence electrons. The molecule has 0 saturated carbocycles. The van der Waals surface area contributed by atoms with Crippen molar-refractivity contribution in [3.05, 3.63) is 438 Å². The summed E-state index contributed by atoms with van der Waals surface area (Å²) in [5.74, 6) is -3.75. The van der Waals surface area contributed by atoms with E-state index in [2.05, 4.69) is 187 Å². The van der Waals surface area contributed by atoms with Crippen molar-refractivity contribution in [3.8, 4) is 78.9 Å². The first-order chi connectivity index (χ1) is 68.4. The number of aromatic hydroxyl groups is 2. The van der Waals surface area contributed by atoms with Gasteiger partial charge in [0.25, 0.3) is 5.92 Å². The van der Waals surface area contributed by atoms with Gasteiger partial charge in [0, 0.05) is 229 Å². The number of nitrogens with zero attached hydrogens (tertiary/aromatic N) is 7. The Morgan fingerprint density at radius 1 is 0.400 bits per heavy atom. The molecule has 0 aliphatic heterocycles. The number of ketones is 4. The molecule has 5 N–H and O–H groups in total. The Balaban J connectivity index is 0.000000368. The van der Waals surface area contributed by atoms with Crippen LogP contribution in [0.2, 0.25) is 0 Å². The van der Waals surface area contributed by atoms with Gasteiger partial charge in [-0.15, -0.1) is 161 Å². The van der Waals surface area contributed by atoms with E-state index < -0.39 is 5.92 Å². The molecular formula is C124H118F4Ir5N7O9Pt-5. The Labute approximate surface area is 959 Å². The smallest absolute Gasteiger partial charge is 0.266 e. The summed E-state index contributed by atoms with van der Waals surface area (Å²) in [4.78, 5) is 72.7. The number of aliphatic hydroxyl groups excluding tert-OH is 3. The number of aromatic nitrogens is 5. The summed E-state index contributed by atoms with van der Waals surface area (Å²) in [7, 11) is 0. The minimum absolute atomic E-state index is 0. The van der Waals surface area contributed by atoms with Gasteiger partial charge in [-0.25, -0.2) is 8.78 Å². The Hall–Kier alpha value is -12.4. The number of benzene rings is 11. The van der Waals surface area contributed by atoms with Crippen LogP contribution in [0.1, 0.15) is 181 Å². The van der Waals surface area contributed by atoms with Gasteiger partial charge in [-0.1, -0.05) is 222 Å². The van der Waals surface area contributed by atoms with Crippen molar-refractivity contribution in [3.63, 3.8) is 0 Å². The largest absolute Gasteiger partial charge is 0.512 e. The topological polar surface area (TPSA) is 259 Å². The van der Waals surface area contributed by atoms with E-state index in [-0.39, 0.29) is 223 Å². The minimum Gasteiger partial charge on any atom is -0.512 e. The number of allylic oxidation sites excluding steroid dienone is 6. The van der Waals surface area contributed by atoms with Crippen molar-refractivity contribution in [2.45, 2.75) is 165 Å². The number of hydrogen-bond acceptors (Lipinski definition) is 16. The van der Waals surface area contributed by atoms with Gasteiger partial charge < -0.3 is 50.5 Å². The van der Waals surface area contributed by atoms with E-state index in [0.29, 0.717) is 58.4 Å². The number of carbonyl (C=O) groups excluding carboxylic acids is 4. The molecule has 26 heteroatoms. The van der Waals surface area contributed by atoms with E-state index in [9.17, 15) is 47.0 Å². The predicted octanol–water partition coefficient (Wildman–Crippen LogP) is 30.4. The molecule has 2 aliphatic rings. The number of aliphatic hydroxyl groups is 3. The van der Waals surface area contributed by atoms with Gasteiger partial charge in [0.15, 0.2) is 23.1 Å². The number of halogens is 4. The first kappa shape index (κ1) is 130. The summed E-state index contributed by atoms with van der Waals surface area (Å²) in [5, 5.41) is 51.9. The van der Waals surface area contributed by atoms with Crippen LogP contribution in [0.4, 0.5) is 28.9 Å². The Bertz CT molecular complexity index is 6980. The summed E-state index contributed by atoms with van der Waals surface area (Å²) in [6, 6.07) is 103. The second-order valence-corrected chi connectivity index (χ2v) is 38.0. The van der Waals surface area contributed by atoms with Gasteiger partial charge in [0.2, 0.25) is 0 Å². The monoisotopic (exact) mass is 3080 g/mol. The van der Waals surface area contributed by atoms with Gasteiger partial charge in [0.1, 0.15) is 17.3 Å². The van der Waals surface area contributed by atoms with Crippen molar-refractivity contribution in [1.29, 1.82) is 0 Å². The third kappa shape index (κ3) is 38.5. The zero-order chi connectivity index (χ0) is 105. The summed E-state index contributed by atoms with van der Waals surface area (Å²) in [6.07, 6.45) is 16.0. The van der Waals surface area contributed by atoms with Gasteiger partial charge >= 0.3 is 0 Å². The van der Waals surface area contributed by atoms with E-state index in [0.717, 1.165) is 72.7 Å². The van der Waals surface area contributed by atoms with Crippen LogP contribution >= 0.6 is 0 Å². The average Bonchev–Trinajstić information content (AvgIpc) is 0.719. The van der Waals surface area contributed by atoms with Gasteiger partial charge in [-0.3, -0.25) is 37.9 Å². The summed E-state index contributed by atoms with van der Waals surface area (Å²) >= 11 is 0. The number of fused-ring (bicyclic) bond motifs is 3. The van der Waals surface area contributed by atoms with E-state index in [1.54, 1.807) is 73.6 Å². The molecule has 11 aromatic carbocycles. The third-order valence-corrected chi connectivity index (χ3v) is 22.2. The number of pyridine rings is 5. The van der Waals surface area contributed by atoms with Crippen LogP contribution < -0.4 is 0 Å². The van der Waals surface area contributed by atoms with Crippen LogP contribution in [0, 0.1) is 42.0 Å². The number of Topliss-reactive ketones (excluding diaryl/α,β-unsaturated/α-hetero) is 2. The Morgan fingerprint density at radius 2 is 0.840 bits per heavy atom. The van der Waals surface area contributed by atoms with Crippen LogP contribution in [-0.2, 0) is 168 Å². The van der Waals surface area contributed by atoms with Crippen LogP contribution in [-0.4, -0.2) is 86.0 Å². The molecule has 150 heavy (non-hydrogen) atoms. The van der Waals surface area contributed by atoms with Crippen LogP contribution in [0.15, 0.2) is 361 Å². The van der Waals surface area contributed by atoms with Gasteiger partial charge in [0.05, 0.1) is 28.5 Å². The van der Waals surface area contributed by atoms with Crippen molar-refractivity contribution < 1.29 is 184 Å². The molecule has 5 radical (unpaired) electrons. The van der Waals surface area contributed by atoms with Crippen molar-refractivity contribution >= 4 is 68.5 Å². The quantitative estimate of drug-likeness (QED) is 0.0190. The summed E-state index contributed by atoms with van der Waals surface area (Å²) < 4.78 is 54.3. The van der Waals surface area contributed by atoms with Crippen molar-refractivity contribution in [2.24, 2.45) is 9.98 Å². The predicted molar refractivity (Wildman–Crippen MR) is 571 cm³/mol. The Kier molecular flexibility index (Phi) is 53.0. The number of para-hydroxylation sites is 2. The van der Waals surface area contributed by atoms with Gasteiger partial charge in [-0.05, 0) is 184 Å². The van der Waals surface area contributed by atoms with Crippen molar-refractivity contribution in [1.82, 2.24) is 24.9 Å². The molecule has 2 aliphatic carbocycles. The van der Waals surface area contributed by atoms with Crippen LogP contribution in [0.5, 0.6) is 11.5 Å². The average molecular weight is 3080 g/mol. The van der Waals surface area contributed by atoms with Gasteiger partial charge in [-0.2, -0.15) is 0 Å².